The Morgan fingerprint density at radius 1 is 1.14 bits per heavy atom. The van der Waals surface area contributed by atoms with Crippen molar-refractivity contribution in [3.05, 3.63) is 65.2 Å². The number of ether oxygens (including phenoxy) is 1. The Morgan fingerprint density at radius 2 is 1.89 bits per heavy atom. The van der Waals surface area contributed by atoms with Gasteiger partial charge in [-0.05, 0) is 31.5 Å². The summed E-state index contributed by atoms with van der Waals surface area (Å²) in [7, 11) is 1.56. The largest absolute Gasteiger partial charge is 0.493 e. The fourth-order valence-electron chi connectivity index (χ4n) is 2.66. The van der Waals surface area contributed by atoms with Gasteiger partial charge in [-0.1, -0.05) is 18.2 Å². The summed E-state index contributed by atoms with van der Waals surface area (Å²) in [5, 5.41) is 2.77. The van der Waals surface area contributed by atoms with Crippen LogP contribution in [0.1, 0.15) is 35.7 Å². The fourth-order valence-corrected chi connectivity index (χ4v) is 2.66. The zero-order valence-electron chi connectivity index (χ0n) is 16.0. The molecule has 0 atom stereocenters. The number of halogens is 2. The first-order valence-corrected chi connectivity index (χ1v) is 9.10. The van der Waals surface area contributed by atoms with Gasteiger partial charge in [0.25, 0.3) is 5.91 Å². The Labute approximate surface area is 163 Å². The molecular formula is C21H24F2N2O3. The third kappa shape index (κ3) is 6.04. The number of amides is 2. The summed E-state index contributed by atoms with van der Waals surface area (Å²) in [4.78, 5) is 25.8. The topological polar surface area (TPSA) is 58.6 Å². The molecular weight excluding hydrogens is 366 g/mol. The molecule has 0 radical (unpaired) electrons. The van der Waals surface area contributed by atoms with Crippen molar-refractivity contribution >= 4 is 11.8 Å². The molecule has 0 bridgehead atoms. The maximum absolute atomic E-state index is 13.7. The third-order valence-corrected chi connectivity index (χ3v) is 4.13. The van der Waals surface area contributed by atoms with Crippen LogP contribution in [0.2, 0.25) is 0 Å². The second kappa shape index (κ2) is 10.4. The minimum atomic E-state index is -0.681. The first kappa shape index (κ1) is 21.3. The fraction of sp³-hybridized carbons (Fsp3) is 0.333. The number of carbonyl (C=O) groups is 2. The molecule has 2 aromatic rings. The highest BCUT2D eigenvalue weighted by molar-refractivity contribution is 5.96. The average Bonchev–Trinajstić information content (AvgIpc) is 2.67. The van der Waals surface area contributed by atoms with Gasteiger partial charge < -0.3 is 15.0 Å². The Hall–Kier alpha value is -2.96. The van der Waals surface area contributed by atoms with Crippen LogP contribution in [0.25, 0.3) is 0 Å². The molecule has 150 valence electrons. The van der Waals surface area contributed by atoms with Crippen molar-refractivity contribution in [2.45, 2.75) is 26.3 Å². The lowest BCUT2D eigenvalue weighted by Gasteiger charge is -2.18. The van der Waals surface area contributed by atoms with E-state index in [9.17, 15) is 18.4 Å². The van der Waals surface area contributed by atoms with E-state index in [2.05, 4.69) is 5.32 Å². The van der Waals surface area contributed by atoms with E-state index in [0.29, 0.717) is 30.9 Å². The van der Waals surface area contributed by atoms with Gasteiger partial charge in [0, 0.05) is 38.2 Å². The van der Waals surface area contributed by atoms with Gasteiger partial charge in [0.1, 0.15) is 17.4 Å². The molecule has 7 heteroatoms. The van der Waals surface area contributed by atoms with Crippen molar-refractivity contribution in [1.82, 2.24) is 10.2 Å². The Kier molecular flexibility index (Phi) is 7.92. The van der Waals surface area contributed by atoms with Gasteiger partial charge in [-0.2, -0.15) is 0 Å². The number of benzene rings is 2. The van der Waals surface area contributed by atoms with Gasteiger partial charge in [-0.15, -0.1) is 0 Å². The van der Waals surface area contributed by atoms with Gasteiger partial charge in [-0.25, -0.2) is 8.78 Å². The molecule has 2 rings (SSSR count). The number of hydrogen-bond donors (Lipinski definition) is 1. The first-order valence-electron chi connectivity index (χ1n) is 9.10. The van der Waals surface area contributed by atoms with Crippen LogP contribution in [0, 0.1) is 11.6 Å². The Bertz CT molecular complexity index is 827. The third-order valence-electron chi connectivity index (χ3n) is 4.13. The van der Waals surface area contributed by atoms with E-state index in [1.165, 1.54) is 11.0 Å². The highest BCUT2D eigenvalue weighted by Gasteiger charge is 2.14. The molecule has 2 amide bonds. The predicted octanol–water partition coefficient (Wildman–Crippen LogP) is 3.53. The molecule has 0 aliphatic rings. The van der Waals surface area contributed by atoms with Crippen molar-refractivity contribution in [1.29, 1.82) is 0 Å². The van der Waals surface area contributed by atoms with E-state index in [-0.39, 0.29) is 30.3 Å². The lowest BCUT2D eigenvalue weighted by atomic mass is 10.1. The predicted molar refractivity (Wildman–Crippen MR) is 102 cm³/mol. The molecule has 0 heterocycles. The minimum absolute atomic E-state index is 0.0546. The van der Waals surface area contributed by atoms with Crippen molar-refractivity contribution in [3.63, 3.8) is 0 Å². The van der Waals surface area contributed by atoms with Crippen molar-refractivity contribution in [2.75, 3.05) is 20.2 Å². The molecule has 0 aliphatic carbocycles. The molecule has 1 N–H and O–H groups in total. The number of hydrogen-bond acceptors (Lipinski definition) is 3. The van der Waals surface area contributed by atoms with Crippen LogP contribution >= 0.6 is 0 Å². The van der Waals surface area contributed by atoms with Crippen LogP contribution in [0.3, 0.4) is 0 Å². The summed E-state index contributed by atoms with van der Waals surface area (Å²) in [6.07, 6.45) is 0.643. The number of nitrogens with one attached hydrogen (secondary N) is 1. The van der Waals surface area contributed by atoms with Gasteiger partial charge in [0.05, 0.1) is 12.2 Å². The van der Waals surface area contributed by atoms with E-state index in [1.54, 1.807) is 31.3 Å². The number of rotatable bonds is 9. The molecule has 0 aromatic heterocycles. The number of carbonyl (C=O) groups excluding carboxylic acids is 2. The highest BCUT2D eigenvalue weighted by Crippen LogP contribution is 2.17. The highest BCUT2D eigenvalue weighted by atomic mass is 19.1. The molecule has 0 unspecified atom stereocenters. The summed E-state index contributed by atoms with van der Waals surface area (Å²) in [6.45, 7) is 2.68. The summed E-state index contributed by atoms with van der Waals surface area (Å²) in [5.41, 5.74) is 0.692. The monoisotopic (exact) mass is 390 g/mol. The molecule has 5 nitrogen and oxygen atoms in total. The molecule has 0 saturated carbocycles. The van der Waals surface area contributed by atoms with Crippen LogP contribution in [0.15, 0.2) is 42.5 Å². The van der Waals surface area contributed by atoms with Gasteiger partial charge in [0.15, 0.2) is 0 Å². The summed E-state index contributed by atoms with van der Waals surface area (Å²) < 4.78 is 32.1. The molecule has 28 heavy (non-hydrogen) atoms. The molecule has 0 aliphatic heterocycles. The van der Waals surface area contributed by atoms with Crippen molar-refractivity contribution in [2.24, 2.45) is 0 Å². The molecule has 0 fully saturated rings. The lowest BCUT2D eigenvalue weighted by Crippen LogP contribution is -2.29. The summed E-state index contributed by atoms with van der Waals surface area (Å²) in [5.74, 6) is -1.28. The Morgan fingerprint density at radius 3 is 2.61 bits per heavy atom. The first-order chi connectivity index (χ1) is 13.4. The zero-order chi connectivity index (χ0) is 20.5. The average molecular weight is 390 g/mol. The van der Waals surface area contributed by atoms with Crippen molar-refractivity contribution < 1.29 is 23.1 Å². The number of nitrogens with zero attached hydrogens (tertiary/aromatic N) is 1. The standard InChI is InChI=1S/C21H24F2N2O3/c1-3-28-19-8-5-4-7-17(19)21(27)24-12-6-9-20(26)25(2)14-15-10-11-16(22)13-18(15)23/h4-5,7-8,10-11,13H,3,6,9,12,14H2,1-2H3,(H,24,27). The van der Waals surface area contributed by atoms with E-state index < -0.39 is 11.6 Å². The maximum Gasteiger partial charge on any atom is 0.255 e. The van der Waals surface area contributed by atoms with Gasteiger partial charge in [0.2, 0.25) is 5.91 Å². The van der Waals surface area contributed by atoms with Crippen LogP contribution in [-0.4, -0.2) is 36.9 Å². The van der Waals surface area contributed by atoms with E-state index in [0.717, 1.165) is 12.1 Å². The van der Waals surface area contributed by atoms with Crippen molar-refractivity contribution in [3.8, 4) is 5.75 Å². The van der Waals surface area contributed by atoms with Gasteiger partial charge >= 0.3 is 0 Å². The summed E-state index contributed by atoms with van der Waals surface area (Å²) >= 11 is 0. The van der Waals surface area contributed by atoms with E-state index in [4.69, 9.17) is 4.74 Å². The van der Waals surface area contributed by atoms with Crippen LogP contribution < -0.4 is 10.1 Å². The quantitative estimate of drug-likeness (QED) is 0.667. The number of para-hydroxylation sites is 1. The smallest absolute Gasteiger partial charge is 0.255 e. The molecule has 0 spiro atoms. The Balaban J connectivity index is 1.78. The second-order valence-electron chi connectivity index (χ2n) is 6.27. The normalized spacial score (nSPS) is 10.4. The minimum Gasteiger partial charge on any atom is -0.493 e. The van der Waals surface area contributed by atoms with E-state index >= 15 is 0 Å². The second-order valence-corrected chi connectivity index (χ2v) is 6.27. The SMILES string of the molecule is CCOc1ccccc1C(=O)NCCCC(=O)N(C)Cc1ccc(F)cc1F. The molecule has 0 saturated heterocycles. The van der Waals surface area contributed by atoms with Gasteiger partial charge in [-0.3, -0.25) is 9.59 Å². The zero-order valence-corrected chi connectivity index (χ0v) is 16.0. The summed E-state index contributed by atoms with van der Waals surface area (Å²) in [6, 6.07) is 10.2. The van der Waals surface area contributed by atoms with Crippen LogP contribution in [0.5, 0.6) is 5.75 Å². The van der Waals surface area contributed by atoms with Crippen LogP contribution in [-0.2, 0) is 11.3 Å². The van der Waals surface area contributed by atoms with E-state index in [1.807, 2.05) is 6.92 Å². The van der Waals surface area contributed by atoms with Crippen LogP contribution in [0.4, 0.5) is 8.78 Å². The maximum atomic E-state index is 13.7. The lowest BCUT2D eigenvalue weighted by molar-refractivity contribution is -0.130. The molecule has 2 aromatic carbocycles.